The van der Waals surface area contributed by atoms with Crippen molar-refractivity contribution in [3.8, 4) is 11.8 Å². The molecule has 8 nitrogen and oxygen atoms in total. The Morgan fingerprint density at radius 2 is 1.63 bits per heavy atom. The lowest BCUT2D eigenvalue weighted by Gasteiger charge is -2.08. The molecular weight excluding hydrogens is 426 g/mol. The van der Waals surface area contributed by atoms with Crippen molar-refractivity contribution in [3.63, 3.8) is 0 Å². The number of pyridine rings is 2. The van der Waals surface area contributed by atoms with Crippen LogP contribution in [0.3, 0.4) is 0 Å². The molecule has 0 bridgehead atoms. The number of primary sulfonamides is 1. The van der Waals surface area contributed by atoms with E-state index in [0.717, 1.165) is 12.1 Å². The summed E-state index contributed by atoms with van der Waals surface area (Å²) in [6.07, 6.45) is 4.44. The molecule has 0 fully saturated rings. The van der Waals surface area contributed by atoms with Crippen LogP contribution in [0.25, 0.3) is 0 Å². The number of ketones is 1. The maximum atomic E-state index is 12.6. The summed E-state index contributed by atoms with van der Waals surface area (Å²) in [4.78, 5) is 19.4. The second kappa shape index (κ2) is 8.54. The highest BCUT2D eigenvalue weighted by Gasteiger charge is 2.27. The Morgan fingerprint density at radius 3 is 2.23 bits per heavy atom. The topological polar surface area (TPSA) is 137 Å². The van der Waals surface area contributed by atoms with E-state index in [1.165, 1.54) is 30.5 Å². The molecule has 2 heterocycles. The van der Waals surface area contributed by atoms with Gasteiger partial charge in [0.15, 0.2) is 15.6 Å². The standard InChI is InChI=1S/C20H15N3O5S2/c21-30(27,28)20-6-2-1-5-19(20)29(25,26)14-18(24)16-8-10-17(23-13-16)9-7-15-4-3-11-22-12-15/h1-6,8,10-13H,14H2,(H2,21,27,28). The molecule has 3 rings (SSSR count). The number of hydrogen-bond acceptors (Lipinski definition) is 7. The SMILES string of the molecule is NS(=O)(=O)c1ccccc1S(=O)(=O)CC(=O)c1ccc(C#Cc2cccnc2)nc1. The normalized spacial score (nSPS) is 11.4. The van der Waals surface area contributed by atoms with Crippen LogP contribution in [0.15, 0.2) is 76.9 Å². The van der Waals surface area contributed by atoms with E-state index < -0.39 is 41.2 Å². The largest absolute Gasteiger partial charge is 0.293 e. The summed E-state index contributed by atoms with van der Waals surface area (Å²) >= 11 is 0. The first-order valence-corrected chi connectivity index (χ1v) is 11.6. The number of carbonyl (C=O) groups is 1. The van der Waals surface area contributed by atoms with Gasteiger partial charge in [-0.2, -0.15) is 0 Å². The maximum Gasteiger partial charge on any atom is 0.239 e. The molecule has 0 aliphatic rings. The molecule has 152 valence electrons. The highest BCUT2D eigenvalue weighted by molar-refractivity contribution is 7.94. The first-order chi connectivity index (χ1) is 14.2. The van der Waals surface area contributed by atoms with Crippen molar-refractivity contribution >= 4 is 25.6 Å². The average Bonchev–Trinajstić information content (AvgIpc) is 2.72. The quantitative estimate of drug-likeness (QED) is 0.463. The number of carbonyl (C=O) groups excluding carboxylic acids is 1. The van der Waals surface area contributed by atoms with Gasteiger partial charge in [-0.3, -0.25) is 9.78 Å². The molecule has 2 aromatic heterocycles. The number of nitrogens with zero attached hydrogens (tertiary/aromatic N) is 2. The van der Waals surface area contributed by atoms with E-state index in [0.29, 0.717) is 11.3 Å². The Kier molecular flexibility index (Phi) is 6.07. The zero-order valence-electron chi connectivity index (χ0n) is 15.4. The predicted octanol–water partition coefficient (Wildman–Crippen LogP) is 1.18. The van der Waals surface area contributed by atoms with E-state index >= 15 is 0 Å². The van der Waals surface area contributed by atoms with Crippen molar-refractivity contribution in [2.24, 2.45) is 5.14 Å². The van der Waals surface area contributed by atoms with Crippen LogP contribution in [0.4, 0.5) is 0 Å². The second-order valence-corrected chi connectivity index (χ2v) is 9.59. The van der Waals surface area contributed by atoms with Crippen molar-refractivity contribution in [3.05, 3.63) is 83.9 Å². The number of benzene rings is 1. The summed E-state index contributed by atoms with van der Waals surface area (Å²) in [5.41, 5.74) is 1.13. The fraction of sp³-hybridized carbons (Fsp3) is 0.0500. The molecule has 2 N–H and O–H groups in total. The third-order valence-electron chi connectivity index (χ3n) is 3.89. The lowest BCUT2D eigenvalue weighted by molar-refractivity contribution is 0.102. The van der Waals surface area contributed by atoms with Crippen molar-refractivity contribution in [1.82, 2.24) is 9.97 Å². The number of hydrogen-bond donors (Lipinski definition) is 1. The van der Waals surface area contributed by atoms with Crippen LogP contribution in [0.5, 0.6) is 0 Å². The highest BCUT2D eigenvalue weighted by atomic mass is 32.2. The molecule has 0 spiro atoms. The van der Waals surface area contributed by atoms with Crippen molar-refractivity contribution in [2.45, 2.75) is 9.79 Å². The summed E-state index contributed by atoms with van der Waals surface area (Å²) in [5.74, 6) is 4.01. The lowest BCUT2D eigenvalue weighted by atomic mass is 10.2. The van der Waals surface area contributed by atoms with Crippen LogP contribution in [-0.2, 0) is 19.9 Å². The number of Topliss-reactive ketones (excluding diaryl/α,β-unsaturated/α-hetero) is 1. The molecule has 3 aromatic rings. The monoisotopic (exact) mass is 441 g/mol. The number of aromatic nitrogens is 2. The van der Waals surface area contributed by atoms with Crippen molar-refractivity contribution in [2.75, 3.05) is 5.75 Å². The zero-order valence-corrected chi connectivity index (χ0v) is 17.0. The van der Waals surface area contributed by atoms with Crippen LogP contribution in [0.1, 0.15) is 21.6 Å². The Morgan fingerprint density at radius 1 is 0.900 bits per heavy atom. The minimum absolute atomic E-state index is 0.0542. The van der Waals surface area contributed by atoms with E-state index in [-0.39, 0.29) is 5.56 Å². The smallest absolute Gasteiger partial charge is 0.239 e. The molecule has 1 aromatic carbocycles. The third kappa shape index (κ3) is 5.15. The molecule has 0 saturated heterocycles. The number of sulfone groups is 1. The number of sulfonamides is 1. The summed E-state index contributed by atoms with van der Waals surface area (Å²) in [5, 5.41) is 5.08. The average molecular weight is 441 g/mol. The molecule has 0 unspecified atom stereocenters. The van der Waals surface area contributed by atoms with Crippen LogP contribution in [0.2, 0.25) is 0 Å². The van der Waals surface area contributed by atoms with Crippen LogP contribution >= 0.6 is 0 Å². The van der Waals surface area contributed by atoms with Gasteiger partial charge in [0.25, 0.3) is 0 Å². The predicted molar refractivity (Wildman–Crippen MR) is 109 cm³/mol. The fourth-order valence-electron chi connectivity index (χ4n) is 2.48. The fourth-order valence-corrected chi connectivity index (χ4v) is 5.16. The molecule has 0 atom stereocenters. The van der Waals surface area contributed by atoms with Gasteiger partial charge in [0.2, 0.25) is 10.0 Å². The van der Waals surface area contributed by atoms with Gasteiger partial charge in [0.05, 0.1) is 4.90 Å². The minimum atomic E-state index is -4.27. The first kappa shape index (κ1) is 21.3. The van der Waals surface area contributed by atoms with E-state index in [1.54, 1.807) is 24.5 Å². The van der Waals surface area contributed by atoms with E-state index in [9.17, 15) is 21.6 Å². The molecule has 10 heteroatoms. The van der Waals surface area contributed by atoms with Gasteiger partial charge < -0.3 is 0 Å². The Balaban J connectivity index is 1.81. The van der Waals surface area contributed by atoms with Gasteiger partial charge in [-0.25, -0.2) is 27.0 Å². The molecule has 0 radical (unpaired) electrons. The van der Waals surface area contributed by atoms with E-state index in [1.807, 2.05) is 0 Å². The van der Waals surface area contributed by atoms with Gasteiger partial charge in [-0.15, -0.1) is 0 Å². The van der Waals surface area contributed by atoms with Gasteiger partial charge >= 0.3 is 0 Å². The van der Waals surface area contributed by atoms with Gasteiger partial charge in [-0.1, -0.05) is 18.1 Å². The second-order valence-electron chi connectivity index (χ2n) is 6.10. The van der Waals surface area contributed by atoms with E-state index in [2.05, 4.69) is 21.8 Å². The highest BCUT2D eigenvalue weighted by Crippen LogP contribution is 2.21. The molecular formula is C20H15N3O5S2. The van der Waals surface area contributed by atoms with Crippen LogP contribution < -0.4 is 5.14 Å². The Bertz CT molecular complexity index is 1360. The minimum Gasteiger partial charge on any atom is -0.293 e. The number of rotatable bonds is 5. The Hall–Kier alpha value is -3.39. The summed E-state index contributed by atoms with van der Waals surface area (Å²) in [6.45, 7) is 0. The number of nitrogens with two attached hydrogens (primary N) is 1. The summed E-state index contributed by atoms with van der Waals surface area (Å²) in [7, 11) is -8.52. The summed E-state index contributed by atoms with van der Waals surface area (Å²) < 4.78 is 48.6. The van der Waals surface area contributed by atoms with Gasteiger partial charge in [0, 0.05) is 29.7 Å². The van der Waals surface area contributed by atoms with Gasteiger partial charge in [0.1, 0.15) is 16.3 Å². The van der Waals surface area contributed by atoms with Crippen molar-refractivity contribution < 1.29 is 21.6 Å². The van der Waals surface area contributed by atoms with Crippen LogP contribution in [0, 0.1) is 11.8 Å². The molecule has 0 aliphatic carbocycles. The lowest BCUT2D eigenvalue weighted by Crippen LogP contribution is -2.21. The third-order valence-corrected chi connectivity index (χ3v) is 6.66. The molecule has 0 saturated carbocycles. The first-order valence-electron chi connectivity index (χ1n) is 8.43. The van der Waals surface area contributed by atoms with Gasteiger partial charge in [-0.05, 0) is 42.3 Å². The maximum absolute atomic E-state index is 12.6. The van der Waals surface area contributed by atoms with Crippen molar-refractivity contribution in [1.29, 1.82) is 0 Å². The summed E-state index contributed by atoms with van der Waals surface area (Å²) in [6, 6.07) is 11.3. The molecule has 0 amide bonds. The molecule has 0 aliphatic heterocycles. The Labute approximate surface area is 173 Å². The molecule has 30 heavy (non-hydrogen) atoms. The van der Waals surface area contributed by atoms with Crippen LogP contribution in [-0.4, -0.2) is 38.3 Å². The zero-order chi connectivity index (χ0) is 21.8. The van der Waals surface area contributed by atoms with E-state index in [4.69, 9.17) is 5.14 Å².